The second kappa shape index (κ2) is 16.8. The molecule has 2 saturated carbocycles. The van der Waals surface area contributed by atoms with E-state index in [-0.39, 0.29) is 19.4 Å². The summed E-state index contributed by atoms with van der Waals surface area (Å²) in [5.41, 5.74) is -0.569. The standard InChI is InChI=1S/C43H50N4O11S/c1-8-27-23-43(27,41(52)46-59(53,54)30-16-17-30)45-39(50)35-20-29(24-47(35)40(51)32(25(3)56-37(48)9-2)21-38(49)58-42(4,5)6)57-36-22-33(26-13-11-10-12-14-26)44-34-19-28(55-7)15-18-31(34)36/h8-15,18-19,22,25,27,29-30,32,35H,1-2,16-17,20-21,23-24H2,3-7H3,(H,45,50)(H,46,52)/t25-,27-,29?,32+,35+,43-/m1/s1. The van der Waals surface area contributed by atoms with Crippen molar-refractivity contribution in [1.82, 2.24) is 19.9 Å². The largest absolute Gasteiger partial charge is 0.497 e. The van der Waals surface area contributed by atoms with Crippen LogP contribution in [-0.4, -0.2) is 96.3 Å². The smallest absolute Gasteiger partial charge is 0.330 e. The van der Waals surface area contributed by atoms with E-state index in [4.69, 9.17) is 23.9 Å². The van der Waals surface area contributed by atoms with Crippen LogP contribution in [-0.2, 0) is 43.5 Å². The molecule has 15 nitrogen and oxygen atoms in total. The summed E-state index contributed by atoms with van der Waals surface area (Å²) < 4.78 is 50.9. The molecular formula is C43H50N4O11S. The predicted molar refractivity (Wildman–Crippen MR) is 217 cm³/mol. The van der Waals surface area contributed by atoms with E-state index >= 15 is 0 Å². The lowest BCUT2D eigenvalue weighted by Crippen LogP contribution is -2.57. The van der Waals surface area contributed by atoms with Gasteiger partial charge in [0.15, 0.2) is 0 Å². The van der Waals surface area contributed by atoms with Crippen molar-refractivity contribution in [2.45, 2.75) is 94.4 Å². The number of methoxy groups -OCH3 is 1. The Hall–Kier alpha value is -5.77. The molecule has 3 aliphatic rings. The third kappa shape index (κ3) is 9.75. The molecule has 6 rings (SSSR count). The minimum atomic E-state index is -3.96. The van der Waals surface area contributed by atoms with Crippen LogP contribution < -0.4 is 19.5 Å². The fourth-order valence-electron chi connectivity index (χ4n) is 7.27. The number of fused-ring (bicyclic) bond motifs is 1. The second-order valence-electron chi connectivity index (χ2n) is 16.2. The number of aromatic nitrogens is 1. The van der Waals surface area contributed by atoms with Crippen LogP contribution in [0.2, 0.25) is 0 Å². The van der Waals surface area contributed by atoms with Crippen LogP contribution in [0.25, 0.3) is 22.2 Å². The Morgan fingerprint density at radius 2 is 1.76 bits per heavy atom. The molecule has 3 aromatic rings. The number of pyridine rings is 1. The number of benzene rings is 2. The number of amides is 3. The van der Waals surface area contributed by atoms with E-state index in [9.17, 15) is 32.4 Å². The molecule has 0 bridgehead atoms. The molecule has 0 spiro atoms. The highest BCUT2D eigenvalue weighted by molar-refractivity contribution is 7.91. The van der Waals surface area contributed by atoms with Gasteiger partial charge in [0.25, 0.3) is 5.91 Å². The lowest BCUT2D eigenvalue weighted by atomic mass is 9.96. The van der Waals surface area contributed by atoms with Gasteiger partial charge in [-0.2, -0.15) is 0 Å². The lowest BCUT2D eigenvalue weighted by Gasteiger charge is -2.31. The molecule has 59 heavy (non-hydrogen) atoms. The molecule has 3 amide bonds. The summed E-state index contributed by atoms with van der Waals surface area (Å²) in [5.74, 6) is -4.87. The van der Waals surface area contributed by atoms with Crippen molar-refractivity contribution in [2.24, 2.45) is 11.8 Å². The Labute approximate surface area is 343 Å². The zero-order valence-corrected chi connectivity index (χ0v) is 34.6. The summed E-state index contributed by atoms with van der Waals surface area (Å²) in [7, 11) is -2.42. The van der Waals surface area contributed by atoms with Gasteiger partial charge in [0, 0.05) is 41.5 Å². The summed E-state index contributed by atoms with van der Waals surface area (Å²) in [6, 6.07) is 15.2. The normalized spacial score (nSPS) is 22.3. The summed E-state index contributed by atoms with van der Waals surface area (Å²) in [5, 5.41) is 2.71. The molecule has 2 aliphatic carbocycles. The third-order valence-electron chi connectivity index (χ3n) is 10.6. The van der Waals surface area contributed by atoms with Crippen molar-refractivity contribution in [2.75, 3.05) is 13.7 Å². The number of carbonyl (C=O) groups excluding carboxylic acids is 5. The van der Waals surface area contributed by atoms with Crippen molar-refractivity contribution < 1.29 is 51.3 Å². The molecule has 6 atom stereocenters. The predicted octanol–water partition coefficient (Wildman–Crippen LogP) is 4.39. The highest BCUT2D eigenvalue weighted by Gasteiger charge is 2.62. The zero-order chi connectivity index (χ0) is 42.9. The monoisotopic (exact) mass is 830 g/mol. The van der Waals surface area contributed by atoms with Gasteiger partial charge < -0.3 is 29.2 Å². The number of hydrogen-bond donors (Lipinski definition) is 2. The molecule has 2 heterocycles. The Balaban J connectivity index is 1.36. The van der Waals surface area contributed by atoms with Gasteiger partial charge in [0.05, 0.1) is 42.5 Å². The van der Waals surface area contributed by atoms with E-state index in [2.05, 4.69) is 23.2 Å². The Morgan fingerprint density at radius 1 is 1.05 bits per heavy atom. The number of likely N-dealkylation sites (tertiary alicyclic amines) is 1. The quantitative estimate of drug-likeness (QED) is 0.118. The minimum absolute atomic E-state index is 0.0744. The van der Waals surface area contributed by atoms with Gasteiger partial charge in [0.1, 0.15) is 40.9 Å². The maximum atomic E-state index is 14.8. The van der Waals surface area contributed by atoms with Gasteiger partial charge in [-0.25, -0.2) is 18.2 Å². The van der Waals surface area contributed by atoms with Crippen molar-refractivity contribution in [1.29, 1.82) is 0 Å². The third-order valence-corrected chi connectivity index (χ3v) is 12.4. The van der Waals surface area contributed by atoms with Crippen molar-refractivity contribution >= 4 is 50.6 Å². The summed E-state index contributed by atoms with van der Waals surface area (Å²) in [6.07, 6.45) is 0.751. The van der Waals surface area contributed by atoms with Gasteiger partial charge in [-0.3, -0.25) is 23.9 Å². The van der Waals surface area contributed by atoms with Gasteiger partial charge >= 0.3 is 11.9 Å². The first-order valence-electron chi connectivity index (χ1n) is 19.4. The van der Waals surface area contributed by atoms with Gasteiger partial charge in [0.2, 0.25) is 21.8 Å². The van der Waals surface area contributed by atoms with Crippen LogP contribution in [0.1, 0.15) is 59.8 Å². The number of hydrogen-bond acceptors (Lipinski definition) is 12. The highest BCUT2D eigenvalue weighted by atomic mass is 32.2. The number of esters is 2. The Bertz CT molecular complexity index is 2270. The minimum Gasteiger partial charge on any atom is -0.497 e. The maximum absolute atomic E-state index is 14.8. The number of sulfonamides is 1. The number of nitrogens with one attached hydrogen (secondary N) is 2. The molecule has 2 aromatic carbocycles. The molecule has 314 valence electrons. The van der Waals surface area contributed by atoms with Crippen LogP contribution in [0.5, 0.6) is 11.5 Å². The van der Waals surface area contributed by atoms with Crippen LogP contribution in [0, 0.1) is 11.8 Å². The number of rotatable bonds is 16. The zero-order valence-electron chi connectivity index (χ0n) is 33.8. The molecule has 0 radical (unpaired) electrons. The summed E-state index contributed by atoms with van der Waals surface area (Å²) in [6.45, 7) is 13.5. The fourth-order valence-corrected chi connectivity index (χ4v) is 8.64. The molecule has 1 unspecified atom stereocenters. The molecule has 1 aliphatic heterocycles. The summed E-state index contributed by atoms with van der Waals surface area (Å²) >= 11 is 0. The van der Waals surface area contributed by atoms with Crippen molar-refractivity contribution in [3.05, 3.63) is 79.9 Å². The second-order valence-corrected chi connectivity index (χ2v) is 18.1. The first-order valence-corrected chi connectivity index (χ1v) is 21.0. The molecule has 1 aromatic heterocycles. The Morgan fingerprint density at radius 3 is 2.37 bits per heavy atom. The SMILES string of the molecule is C=CC(=O)O[C@H](C)[C@H](CC(=O)OC(C)(C)C)C(=O)N1CC(Oc2cc(-c3ccccc3)nc3cc(OC)ccc23)C[C@H]1C(=O)N[C@]1(C(=O)NS(=O)(=O)C2CC2)C[C@H]1C=C. The molecule has 3 fully saturated rings. The first kappa shape index (κ1) is 42.8. The number of carbonyl (C=O) groups is 5. The molecule has 1 saturated heterocycles. The Kier molecular flexibility index (Phi) is 12.2. The van der Waals surface area contributed by atoms with E-state index < -0.39 is 92.6 Å². The van der Waals surface area contributed by atoms with Gasteiger partial charge in [-0.1, -0.05) is 43.0 Å². The van der Waals surface area contributed by atoms with E-state index in [1.54, 1.807) is 52.1 Å². The van der Waals surface area contributed by atoms with Crippen molar-refractivity contribution in [3.8, 4) is 22.8 Å². The molecule has 2 N–H and O–H groups in total. The van der Waals surface area contributed by atoms with Crippen LogP contribution in [0.15, 0.2) is 79.9 Å². The van der Waals surface area contributed by atoms with E-state index in [0.717, 1.165) is 11.6 Å². The molecular weight excluding hydrogens is 781 g/mol. The summed E-state index contributed by atoms with van der Waals surface area (Å²) in [4.78, 5) is 74.6. The fraction of sp³-hybridized carbons (Fsp3) is 0.442. The average molecular weight is 831 g/mol. The van der Waals surface area contributed by atoms with E-state index in [1.165, 1.54) is 17.9 Å². The van der Waals surface area contributed by atoms with Crippen LogP contribution in [0.3, 0.4) is 0 Å². The van der Waals surface area contributed by atoms with Gasteiger partial charge in [-0.05, 0) is 59.1 Å². The van der Waals surface area contributed by atoms with Crippen molar-refractivity contribution in [3.63, 3.8) is 0 Å². The first-order chi connectivity index (χ1) is 27.9. The number of nitrogens with zero attached hydrogens (tertiary/aromatic N) is 2. The lowest BCUT2D eigenvalue weighted by molar-refractivity contribution is -0.164. The average Bonchev–Trinajstić information content (AvgIpc) is 4.12. The van der Waals surface area contributed by atoms with E-state index in [1.807, 2.05) is 30.3 Å². The van der Waals surface area contributed by atoms with E-state index in [0.29, 0.717) is 40.9 Å². The van der Waals surface area contributed by atoms with Crippen LogP contribution >= 0.6 is 0 Å². The number of ether oxygens (including phenoxy) is 4. The van der Waals surface area contributed by atoms with Crippen LogP contribution in [0.4, 0.5) is 0 Å². The van der Waals surface area contributed by atoms with Gasteiger partial charge in [-0.15, -0.1) is 6.58 Å². The topological polar surface area (TPSA) is 197 Å². The maximum Gasteiger partial charge on any atom is 0.330 e. The molecule has 16 heteroatoms. The highest BCUT2D eigenvalue weighted by Crippen LogP contribution is 2.46.